The highest BCUT2D eigenvalue weighted by Gasteiger charge is 2.24. The molecule has 5 nitrogen and oxygen atoms in total. The summed E-state index contributed by atoms with van der Waals surface area (Å²) >= 11 is 0. The van der Waals surface area contributed by atoms with Crippen LogP contribution < -0.4 is 15.1 Å². The van der Waals surface area contributed by atoms with Gasteiger partial charge in [-0.2, -0.15) is 0 Å². The van der Waals surface area contributed by atoms with Crippen molar-refractivity contribution in [2.45, 2.75) is 26.3 Å². The molecule has 1 heterocycles. The summed E-state index contributed by atoms with van der Waals surface area (Å²) in [7, 11) is 0. The summed E-state index contributed by atoms with van der Waals surface area (Å²) in [5.41, 5.74) is 2.30. The molecule has 0 spiro atoms. The number of piperazine rings is 1. The Balaban J connectivity index is 1.51. The van der Waals surface area contributed by atoms with E-state index in [1.54, 1.807) is 12.1 Å². The highest BCUT2D eigenvalue weighted by atomic mass is 16.3. The molecule has 2 aromatic carbocycles. The minimum absolute atomic E-state index is 0.0754. The quantitative estimate of drug-likeness (QED) is 0.687. The first kappa shape index (κ1) is 20.2. The Morgan fingerprint density at radius 2 is 1.71 bits per heavy atom. The predicted molar refractivity (Wildman–Crippen MR) is 113 cm³/mol. The molecule has 1 fully saturated rings. The lowest BCUT2D eigenvalue weighted by Gasteiger charge is -2.33. The monoisotopic (exact) mass is 382 g/mol. The van der Waals surface area contributed by atoms with Gasteiger partial charge in [-0.05, 0) is 42.2 Å². The fraction of sp³-hybridized carbons (Fsp3) is 0.435. The van der Waals surface area contributed by atoms with E-state index in [0.717, 1.165) is 38.3 Å². The molecular weight excluding hydrogens is 350 g/mol. The lowest BCUT2D eigenvalue weighted by atomic mass is 9.97. The summed E-state index contributed by atoms with van der Waals surface area (Å²) in [6.45, 7) is 8.61. The number of anilines is 1. The van der Waals surface area contributed by atoms with Crippen molar-refractivity contribution in [3.63, 3.8) is 0 Å². The van der Waals surface area contributed by atoms with E-state index in [1.165, 1.54) is 10.5 Å². The Kier molecular flexibility index (Phi) is 6.93. The van der Waals surface area contributed by atoms with Crippen molar-refractivity contribution < 1.29 is 14.8 Å². The Bertz CT molecular complexity index is 738. The molecule has 1 aliphatic heterocycles. The van der Waals surface area contributed by atoms with Crippen LogP contribution in [0.1, 0.15) is 31.9 Å². The van der Waals surface area contributed by atoms with Crippen molar-refractivity contribution in [1.82, 2.24) is 5.32 Å². The maximum absolute atomic E-state index is 12.7. The number of benzene rings is 2. The Morgan fingerprint density at radius 3 is 2.32 bits per heavy atom. The largest absolute Gasteiger partial charge is 0.508 e. The van der Waals surface area contributed by atoms with E-state index in [2.05, 4.69) is 36.2 Å². The number of hydrogen-bond donors (Lipinski definition) is 3. The second-order valence-corrected chi connectivity index (χ2v) is 8.09. The van der Waals surface area contributed by atoms with Crippen molar-refractivity contribution in [1.29, 1.82) is 0 Å². The van der Waals surface area contributed by atoms with Crippen molar-refractivity contribution in [3.8, 4) is 5.75 Å². The number of nitrogens with zero attached hydrogens (tertiary/aromatic N) is 1. The van der Waals surface area contributed by atoms with E-state index < -0.39 is 0 Å². The number of aromatic hydroxyl groups is 1. The van der Waals surface area contributed by atoms with Crippen molar-refractivity contribution in [3.05, 3.63) is 60.2 Å². The summed E-state index contributed by atoms with van der Waals surface area (Å²) < 4.78 is 0. The van der Waals surface area contributed by atoms with Crippen molar-refractivity contribution in [2.75, 3.05) is 37.6 Å². The summed E-state index contributed by atoms with van der Waals surface area (Å²) in [5.74, 6) is 0.938. The van der Waals surface area contributed by atoms with E-state index in [0.29, 0.717) is 18.2 Å². The van der Waals surface area contributed by atoms with Gasteiger partial charge in [-0.15, -0.1) is 0 Å². The van der Waals surface area contributed by atoms with Crippen LogP contribution in [0.3, 0.4) is 0 Å². The Morgan fingerprint density at radius 1 is 1.07 bits per heavy atom. The van der Waals surface area contributed by atoms with E-state index in [-0.39, 0.29) is 11.9 Å². The van der Waals surface area contributed by atoms with Gasteiger partial charge in [0.25, 0.3) is 5.91 Å². The zero-order valence-electron chi connectivity index (χ0n) is 16.9. The van der Waals surface area contributed by atoms with Crippen LogP contribution in [0.4, 0.5) is 5.69 Å². The van der Waals surface area contributed by atoms with Gasteiger partial charge in [-0.25, -0.2) is 0 Å². The number of quaternary nitrogens is 1. The van der Waals surface area contributed by atoms with Crippen molar-refractivity contribution >= 4 is 11.6 Å². The number of hydrogen-bond acceptors (Lipinski definition) is 3. The molecule has 3 N–H and O–H groups in total. The number of rotatable bonds is 7. The van der Waals surface area contributed by atoms with Gasteiger partial charge in [0, 0.05) is 5.69 Å². The number of carbonyl (C=O) groups excluding carboxylic acids is 1. The third-order valence-corrected chi connectivity index (χ3v) is 5.34. The lowest BCUT2D eigenvalue weighted by molar-refractivity contribution is -0.892. The van der Waals surface area contributed by atoms with Crippen LogP contribution >= 0.6 is 0 Å². The second kappa shape index (κ2) is 9.60. The van der Waals surface area contributed by atoms with Crippen LogP contribution in [-0.4, -0.2) is 43.7 Å². The zero-order chi connectivity index (χ0) is 19.9. The fourth-order valence-corrected chi connectivity index (χ4v) is 3.83. The molecule has 0 unspecified atom stereocenters. The third kappa shape index (κ3) is 5.73. The zero-order valence-corrected chi connectivity index (χ0v) is 16.9. The summed E-state index contributed by atoms with van der Waals surface area (Å²) in [6, 6.07) is 17.7. The topological polar surface area (TPSA) is 57.0 Å². The number of phenolic OH excluding ortho intramolecular Hbond substituents is 1. The highest BCUT2D eigenvalue weighted by molar-refractivity contribution is 5.77. The SMILES string of the molecule is CC(C)C[C@H](NC(=O)C[NH+]1CCN(c2ccc(O)cc2)CC1)c1ccccc1. The summed E-state index contributed by atoms with van der Waals surface area (Å²) in [4.78, 5) is 16.3. The first-order valence-electron chi connectivity index (χ1n) is 10.2. The van der Waals surface area contributed by atoms with E-state index in [1.807, 2.05) is 30.3 Å². The molecule has 28 heavy (non-hydrogen) atoms. The van der Waals surface area contributed by atoms with Crippen LogP contribution in [0.15, 0.2) is 54.6 Å². The number of nitrogens with one attached hydrogen (secondary N) is 2. The summed E-state index contributed by atoms with van der Waals surface area (Å²) in [6.07, 6.45) is 0.944. The third-order valence-electron chi connectivity index (χ3n) is 5.34. The van der Waals surface area contributed by atoms with E-state index in [4.69, 9.17) is 0 Å². The van der Waals surface area contributed by atoms with Gasteiger partial charge in [0.15, 0.2) is 6.54 Å². The van der Waals surface area contributed by atoms with Gasteiger partial charge >= 0.3 is 0 Å². The van der Waals surface area contributed by atoms with Crippen molar-refractivity contribution in [2.24, 2.45) is 5.92 Å². The maximum Gasteiger partial charge on any atom is 0.275 e. The minimum atomic E-state index is 0.0754. The van der Waals surface area contributed by atoms with Crippen LogP contribution in [-0.2, 0) is 4.79 Å². The minimum Gasteiger partial charge on any atom is -0.508 e. The first-order valence-corrected chi connectivity index (χ1v) is 10.2. The van der Waals surface area contributed by atoms with Gasteiger partial charge < -0.3 is 20.2 Å². The molecule has 1 atom stereocenters. The summed E-state index contributed by atoms with van der Waals surface area (Å²) in [5, 5.41) is 12.7. The molecule has 0 bridgehead atoms. The standard InChI is InChI=1S/C23H31N3O2/c1-18(2)16-22(19-6-4-3-5-7-19)24-23(28)17-25-12-14-26(15-13-25)20-8-10-21(27)11-9-20/h3-11,18,22,27H,12-17H2,1-2H3,(H,24,28)/p+1/t22-/m0/s1. The van der Waals surface area contributed by atoms with Crippen LogP contribution in [0.5, 0.6) is 5.75 Å². The second-order valence-electron chi connectivity index (χ2n) is 8.09. The molecule has 0 saturated carbocycles. The number of phenols is 1. The van der Waals surface area contributed by atoms with Crippen LogP contribution in [0, 0.1) is 5.92 Å². The molecular formula is C23H32N3O2+. The van der Waals surface area contributed by atoms with E-state index >= 15 is 0 Å². The smallest absolute Gasteiger partial charge is 0.275 e. The van der Waals surface area contributed by atoms with Gasteiger partial charge in [0.1, 0.15) is 5.75 Å². The molecule has 1 amide bonds. The number of carbonyl (C=O) groups is 1. The molecule has 3 rings (SSSR count). The molecule has 1 saturated heterocycles. The first-order chi connectivity index (χ1) is 13.5. The van der Waals surface area contributed by atoms with Crippen LogP contribution in [0.2, 0.25) is 0 Å². The molecule has 150 valence electrons. The maximum atomic E-state index is 12.7. The molecule has 0 aromatic heterocycles. The predicted octanol–water partition coefficient (Wildman–Crippen LogP) is 2.00. The Labute approximate surface area is 168 Å². The molecule has 0 radical (unpaired) electrons. The Hall–Kier alpha value is -2.53. The fourth-order valence-electron chi connectivity index (χ4n) is 3.83. The molecule has 5 heteroatoms. The highest BCUT2D eigenvalue weighted by Crippen LogP contribution is 2.21. The normalized spacial score (nSPS) is 16.2. The number of amides is 1. The van der Waals surface area contributed by atoms with Gasteiger partial charge in [0.05, 0.1) is 32.2 Å². The van der Waals surface area contributed by atoms with Gasteiger partial charge in [-0.1, -0.05) is 44.2 Å². The van der Waals surface area contributed by atoms with E-state index in [9.17, 15) is 9.90 Å². The lowest BCUT2D eigenvalue weighted by Crippen LogP contribution is -3.16. The average molecular weight is 383 g/mol. The average Bonchev–Trinajstić information content (AvgIpc) is 2.69. The van der Waals surface area contributed by atoms with Gasteiger partial charge in [-0.3, -0.25) is 4.79 Å². The molecule has 1 aliphatic rings. The van der Waals surface area contributed by atoms with Crippen LogP contribution in [0.25, 0.3) is 0 Å². The molecule has 0 aliphatic carbocycles. The van der Waals surface area contributed by atoms with Gasteiger partial charge in [0.2, 0.25) is 0 Å². The molecule has 2 aromatic rings.